The van der Waals surface area contributed by atoms with Crippen molar-refractivity contribution in [2.75, 3.05) is 6.54 Å². The molecular formula is C20H22F2N2O5S. The number of sulfonamides is 1. The molecule has 0 unspecified atom stereocenters. The molecule has 30 heavy (non-hydrogen) atoms. The zero-order valence-corrected chi connectivity index (χ0v) is 16.8. The Hall–Kier alpha value is -2.85. The van der Waals surface area contributed by atoms with Crippen LogP contribution in [0, 0.1) is 11.6 Å². The molecule has 162 valence electrons. The average molecular weight is 440 g/mol. The molecule has 0 aliphatic carbocycles. The van der Waals surface area contributed by atoms with Crippen LogP contribution >= 0.6 is 0 Å². The van der Waals surface area contributed by atoms with Gasteiger partial charge in [-0.05, 0) is 48.7 Å². The molecule has 0 bridgehead atoms. The number of carbonyl (C=O) groups is 2. The molecule has 0 radical (unpaired) electrons. The van der Waals surface area contributed by atoms with Gasteiger partial charge in [0.2, 0.25) is 15.9 Å². The monoisotopic (exact) mass is 440 g/mol. The summed E-state index contributed by atoms with van der Waals surface area (Å²) in [6.07, 6.45) is 1.90. The summed E-state index contributed by atoms with van der Waals surface area (Å²) in [4.78, 5) is 22.3. The van der Waals surface area contributed by atoms with Crippen LogP contribution < -0.4 is 10.0 Å². The Bertz CT molecular complexity index is 995. The predicted molar refractivity (Wildman–Crippen MR) is 105 cm³/mol. The van der Waals surface area contributed by atoms with Gasteiger partial charge in [0.05, 0.1) is 10.5 Å². The number of carbonyl (C=O) groups excluding carboxylic acids is 1. The third-order valence-electron chi connectivity index (χ3n) is 4.26. The number of hydrogen-bond acceptors (Lipinski definition) is 4. The lowest BCUT2D eigenvalue weighted by Gasteiger charge is -2.08. The Balaban J connectivity index is 1.63. The topological polar surface area (TPSA) is 113 Å². The number of carboxylic acids is 1. The highest BCUT2D eigenvalue weighted by atomic mass is 32.2. The molecule has 0 fully saturated rings. The van der Waals surface area contributed by atoms with Crippen molar-refractivity contribution in [1.29, 1.82) is 0 Å². The van der Waals surface area contributed by atoms with Crippen LogP contribution in [0.2, 0.25) is 0 Å². The van der Waals surface area contributed by atoms with Crippen LogP contribution in [0.5, 0.6) is 0 Å². The Morgan fingerprint density at radius 2 is 1.63 bits per heavy atom. The van der Waals surface area contributed by atoms with E-state index >= 15 is 0 Å². The Morgan fingerprint density at radius 3 is 2.27 bits per heavy atom. The predicted octanol–water partition coefficient (Wildman–Crippen LogP) is 2.82. The van der Waals surface area contributed by atoms with Crippen molar-refractivity contribution in [3.8, 4) is 0 Å². The zero-order valence-electron chi connectivity index (χ0n) is 16.0. The highest BCUT2D eigenvalue weighted by Crippen LogP contribution is 2.13. The number of nitrogens with one attached hydrogen (secondary N) is 2. The van der Waals surface area contributed by atoms with Crippen molar-refractivity contribution in [1.82, 2.24) is 10.0 Å². The molecule has 3 N–H and O–H groups in total. The maximum atomic E-state index is 13.2. The van der Waals surface area contributed by atoms with Gasteiger partial charge in [-0.3, -0.25) is 4.79 Å². The summed E-state index contributed by atoms with van der Waals surface area (Å²) in [6.45, 7) is 0.394. The van der Waals surface area contributed by atoms with Crippen LogP contribution in [0.25, 0.3) is 0 Å². The molecule has 0 aliphatic heterocycles. The fraction of sp³-hybridized carbons (Fsp3) is 0.300. The second-order valence-electron chi connectivity index (χ2n) is 6.56. The first-order chi connectivity index (χ1) is 14.2. The van der Waals surface area contributed by atoms with E-state index in [1.54, 1.807) is 12.1 Å². The molecule has 0 spiro atoms. The lowest BCUT2D eigenvalue weighted by atomic mass is 10.1. The van der Waals surface area contributed by atoms with Crippen molar-refractivity contribution >= 4 is 21.9 Å². The van der Waals surface area contributed by atoms with E-state index in [9.17, 15) is 26.8 Å². The van der Waals surface area contributed by atoms with Gasteiger partial charge in [-0.2, -0.15) is 0 Å². The highest BCUT2D eigenvalue weighted by Gasteiger charge is 2.15. The molecule has 10 heteroatoms. The van der Waals surface area contributed by atoms with Crippen LogP contribution in [0.15, 0.2) is 47.4 Å². The van der Waals surface area contributed by atoms with Gasteiger partial charge < -0.3 is 10.4 Å². The molecule has 0 aromatic heterocycles. The minimum atomic E-state index is -3.92. The van der Waals surface area contributed by atoms with E-state index in [2.05, 4.69) is 10.0 Å². The van der Waals surface area contributed by atoms with E-state index in [0.717, 1.165) is 17.7 Å². The van der Waals surface area contributed by atoms with Crippen LogP contribution in [-0.2, 0) is 21.4 Å². The molecule has 7 nitrogen and oxygen atoms in total. The van der Waals surface area contributed by atoms with Crippen molar-refractivity contribution in [3.63, 3.8) is 0 Å². The first-order valence-corrected chi connectivity index (χ1v) is 10.7. The minimum absolute atomic E-state index is 0.110. The minimum Gasteiger partial charge on any atom is -0.478 e. The lowest BCUT2D eigenvalue weighted by molar-refractivity contribution is -0.121. The SMILES string of the molecule is O=C(CCCCCNS(=O)(=O)c1ccc(F)c(F)c1)NCc1ccc(C(=O)O)cc1. The van der Waals surface area contributed by atoms with Gasteiger partial charge in [-0.1, -0.05) is 18.6 Å². The maximum Gasteiger partial charge on any atom is 0.335 e. The number of rotatable bonds is 11. The van der Waals surface area contributed by atoms with E-state index in [1.165, 1.54) is 12.1 Å². The molecule has 1 amide bonds. The van der Waals surface area contributed by atoms with Crippen molar-refractivity contribution in [2.45, 2.75) is 37.1 Å². The second-order valence-corrected chi connectivity index (χ2v) is 8.33. The quantitative estimate of drug-likeness (QED) is 0.465. The third kappa shape index (κ3) is 7.20. The standard InChI is InChI=1S/C20H22F2N2O5S/c21-17-10-9-16(12-18(17)22)30(28,29)24-11-3-1-2-4-19(25)23-13-14-5-7-15(8-6-14)20(26)27/h5-10,12,24H,1-4,11,13H2,(H,23,25)(H,26,27). The number of hydrogen-bond donors (Lipinski definition) is 3. The van der Waals surface area contributed by atoms with Crippen molar-refractivity contribution in [2.24, 2.45) is 0 Å². The fourth-order valence-electron chi connectivity index (χ4n) is 2.58. The van der Waals surface area contributed by atoms with Gasteiger partial charge in [-0.15, -0.1) is 0 Å². The molecule has 0 saturated heterocycles. The second kappa shape index (κ2) is 10.8. The Morgan fingerprint density at radius 1 is 0.933 bits per heavy atom. The largest absolute Gasteiger partial charge is 0.478 e. The summed E-state index contributed by atoms with van der Waals surface area (Å²) in [5.41, 5.74) is 0.949. The Labute approximate surface area is 173 Å². The maximum absolute atomic E-state index is 13.2. The molecule has 2 rings (SSSR count). The number of halogens is 2. The van der Waals surface area contributed by atoms with E-state index < -0.39 is 27.6 Å². The summed E-state index contributed by atoms with van der Waals surface area (Å²) >= 11 is 0. The molecule has 0 heterocycles. The summed E-state index contributed by atoms with van der Waals surface area (Å²) in [5.74, 6) is -3.54. The molecule has 0 saturated carbocycles. The van der Waals surface area contributed by atoms with Gasteiger partial charge >= 0.3 is 5.97 Å². The van der Waals surface area contributed by atoms with Gasteiger partial charge in [-0.25, -0.2) is 26.7 Å². The summed E-state index contributed by atoms with van der Waals surface area (Å²) in [7, 11) is -3.92. The molecular weight excluding hydrogens is 418 g/mol. The van der Waals surface area contributed by atoms with E-state index in [1.807, 2.05) is 0 Å². The first kappa shape index (κ1) is 23.4. The fourth-order valence-corrected chi connectivity index (χ4v) is 3.66. The number of amides is 1. The van der Waals surface area contributed by atoms with Gasteiger partial charge in [0.1, 0.15) is 0 Å². The molecule has 0 atom stereocenters. The lowest BCUT2D eigenvalue weighted by Crippen LogP contribution is -2.25. The summed E-state index contributed by atoms with van der Waals surface area (Å²) in [5, 5.41) is 11.6. The smallest absolute Gasteiger partial charge is 0.335 e. The number of unbranched alkanes of at least 4 members (excludes halogenated alkanes) is 2. The van der Waals surface area contributed by atoms with Crippen LogP contribution in [0.3, 0.4) is 0 Å². The van der Waals surface area contributed by atoms with Crippen molar-refractivity contribution in [3.05, 3.63) is 65.2 Å². The van der Waals surface area contributed by atoms with E-state index in [4.69, 9.17) is 5.11 Å². The molecule has 2 aromatic rings. The van der Waals surface area contributed by atoms with Crippen molar-refractivity contribution < 1.29 is 31.9 Å². The highest BCUT2D eigenvalue weighted by molar-refractivity contribution is 7.89. The summed E-state index contributed by atoms with van der Waals surface area (Å²) < 4.78 is 52.4. The van der Waals surface area contributed by atoms with Crippen LogP contribution in [0.1, 0.15) is 41.6 Å². The first-order valence-electron chi connectivity index (χ1n) is 9.23. The number of carboxylic acid groups (broad SMARTS) is 1. The zero-order chi connectivity index (χ0) is 22.1. The number of benzene rings is 2. The van der Waals surface area contributed by atoms with Crippen LogP contribution in [0.4, 0.5) is 8.78 Å². The Kier molecular flexibility index (Phi) is 8.43. The van der Waals surface area contributed by atoms with Gasteiger partial charge in [0.25, 0.3) is 0 Å². The van der Waals surface area contributed by atoms with E-state index in [-0.39, 0.29) is 35.9 Å². The van der Waals surface area contributed by atoms with Gasteiger partial charge in [0.15, 0.2) is 11.6 Å². The van der Waals surface area contributed by atoms with Crippen LogP contribution in [-0.4, -0.2) is 31.9 Å². The summed E-state index contributed by atoms with van der Waals surface area (Å²) in [6, 6.07) is 8.54. The number of aromatic carboxylic acids is 1. The molecule has 0 aliphatic rings. The van der Waals surface area contributed by atoms with Gasteiger partial charge in [0, 0.05) is 19.5 Å². The third-order valence-corrected chi connectivity index (χ3v) is 5.72. The average Bonchev–Trinajstić information content (AvgIpc) is 2.71. The molecule has 2 aromatic carbocycles. The van der Waals surface area contributed by atoms with E-state index in [0.29, 0.717) is 25.3 Å². The normalized spacial score (nSPS) is 11.3.